The van der Waals surface area contributed by atoms with Crippen LogP contribution in [-0.2, 0) is 6.42 Å². The minimum absolute atomic E-state index is 0.732. The van der Waals surface area contributed by atoms with E-state index >= 15 is 0 Å². The molecule has 0 amide bonds. The number of hydrogen-bond donors (Lipinski definition) is 0. The van der Waals surface area contributed by atoms with Crippen LogP contribution >= 0.6 is 11.3 Å². The number of nitrogens with zero attached hydrogens (tertiary/aromatic N) is 3. The molecule has 0 radical (unpaired) electrons. The average molecular weight is 315 g/mol. The van der Waals surface area contributed by atoms with Crippen LogP contribution in [0.2, 0.25) is 0 Å². The minimum atomic E-state index is 0.732. The quantitative estimate of drug-likeness (QED) is 0.834. The molecule has 0 saturated carbocycles. The Morgan fingerprint density at radius 2 is 2.18 bits per heavy atom. The summed E-state index contributed by atoms with van der Waals surface area (Å²) in [5, 5.41) is 1.26. The summed E-state index contributed by atoms with van der Waals surface area (Å²) in [4.78, 5) is 11.8. The lowest BCUT2D eigenvalue weighted by molar-refractivity contribution is 0.400. The SMILES string of the molecule is C[C@H]1CCC(c2ccc3sc(CCCN(C)C)nc3c2)=NC1. The molecule has 0 saturated heterocycles. The summed E-state index contributed by atoms with van der Waals surface area (Å²) in [6.07, 6.45) is 4.60. The van der Waals surface area contributed by atoms with Crippen LogP contribution in [0.25, 0.3) is 10.2 Å². The lowest BCUT2D eigenvalue weighted by Gasteiger charge is -2.17. The second kappa shape index (κ2) is 6.88. The van der Waals surface area contributed by atoms with Crippen LogP contribution in [0.3, 0.4) is 0 Å². The number of benzene rings is 1. The molecule has 118 valence electrons. The zero-order valence-electron chi connectivity index (χ0n) is 13.8. The van der Waals surface area contributed by atoms with Crippen molar-refractivity contribution in [1.82, 2.24) is 9.88 Å². The third-order valence-corrected chi connectivity index (χ3v) is 5.32. The number of fused-ring (bicyclic) bond motifs is 1. The van der Waals surface area contributed by atoms with Crippen molar-refractivity contribution in [2.75, 3.05) is 27.2 Å². The Hall–Kier alpha value is -1.26. The third-order valence-electron chi connectivity index (χ3n) is 4.23. The molecule has 1 aromatic carbocycles. The molecular formula is C18H25N3S. The molecule has 0 bridgehead atoms. The van der Waals surface area contributed by atoms with Gasteiger partial charge in [-0.2, -0.15) is 0 Å². The maximum absolute atomic E-state index is 4.83. The predicted octanol–water partition coefficient (Wildman–Crippen LogP) is 4.01. The Morgan fingerprint density at radius 3 is 2.91 bits per heavy atom. The summed E-state index contributed by atoms with van der Waals surface area (Å²) in [6.45, 7) is 4.38. The van der Waals surface area contributed by atoms with Crippen molar-refractivity contribution in [3.63, 3.8) is 0 Å². The first-order chi connectivity index (χ1) is 10.6. The average Bonchev–Trinajstić information content (AvgIpc) is 2.89. The minimum Gasteiger partial charge on any atom is -0.309 e. The first kappa shape index (κ1) is 15.6. The van der Waals surface area contributed by atoms with Crippen LogP contribution in [-0.4, -0.2) is 42.8 Å². The van der Waals surface area contributed by atoms with Gasteiger partial charge in [-0.05, 0) is 63.5 Å². The van der Waals surface area contributed by atoms with Crippen LogP contribution in [0.1, 0.15) is 36.8 Å². The largest absolute Gasteiger partial charge is 0.309 e. The van der Waals surface area contributed by atoms with Gasteiger partial charge in [0.05, 0.1) is 15.2 Å². The molecule has 1 aromatic heterocycles. The van der Waals surface area contributed by atoms with E-state index in [9.17, 15) is 0 Å². The summed E-state index contributed by atoms with van der Waals surface area (Å²) in [5.74, 6) is 0.732. The number of rotatable bonds is 5. The Bertz CT molecular complexity index is 672. The molecule has 3 rings (SSSR count). The standard InChI is InChI=1S/C18H25N3S/c1-13-6-8-15(19-12-13)14-7-9-17-16(11-14)20-18(22-17)5-4-10-21(2)3/h7,9,11,13H,4-6,8,10,12H2,1-3H3/t13-/m0/s1. The highest BCUT2D eigenvalue weighted by atomic mass is 32.1. The smallest absolute Gasteiger partial charge is 0.0939 e. The molecule has 0 unspecified atom stereocenters. The van der Waals surface area contributed by atoms with Crippen molar-refractivity contribution >= 4 is 27.3 Å². The van der Waals surface area contributed by atoms with Crippen LogP contribution < -0.4 is 0 Å². The van der Waals surface area contributed by atoms with Crippen molar-refractivity contribution < 1.29 is 0 Å². The zero-order valence-corrected chi connectivity index (χ0v) is 14.6. The highest BCUT2D eigenvalue weighted by Gasteiger charge is 2.14. The van der Waals surface area contributed by atoms with Crippen molar-refractivity contribution in [1.29, 1.82) is 0 Å². The van der Waals surface area contributed by atoms with E-state index in [1.54, 1.807) is 0 Å². The summed E-state index contributed by atoms with van der Waals surface area (Å²) in [7, 11) is 4.24. The molecule has 0 N–H and O–H groups in total. The van der Waals surface area contributed by atoms with Crippen molar-refractivity contribution in [2.45, 2.75) is 32.6 Å². The molecule has 0 fully saturated rings. The molecule has 4 heteroatoms. The van der Waals surface area contributed by atoms with Crippen molar-refractivity contribution in [3.05, 3.63) is 28.8 Å². The van der Waals surface area contributed by atoms with E-state index in [1.165, 1.54) is 33.8 Å². The Balaban J connectivity index is 1.75. The fourth-order valence-electron chi connectivity index (χ4n) is 2.86. The molecule has 1 aliphatic rings. The summed E-state index contributed by atoms with van der Waals surface area (Å²) < 4.78 is 1.30. The van der Waals surface area contributed by atoms with E-state index in [4.69, 9.17) is 9.98 Å². The molecule has 0 aliphatic carbocycles. The lowest BCUT2D eigenvalue weighted by Crippen LogP contribution is -2.14. The Kier molecular flexibility index (Phi) is 4.89. The van der Waals surface area contributed by atoms with Crippen LogP contribution in [0, 0.1) is 5.92 Å². The molecule has 3 nitrogen and oxygen atoms in total. The molecule has 2 heterocycles. The Morgan fingerprint density at radius 1 is 1.32 bits per heavy atom. The van der Waals surface area contributed by atoms with E-state index < -0.39 is 0 Å². The molecule has 0 spiro atoms. The van der Waals surface area contributed by atoms with Crippen molar-refractivity contribution in [3.8, 4) is 0 Å². The van der Waals surface area contributed by atoms with Gasteiger partial charge in [0.1, 0.15) is 0 Å². The maximum Gasteiger partial charge on any atom is 0.0939 e. The van der Waals surface area contributed by atoms with Gasteiger partial charge < -0.3 is 4.90 Å². The second-order valence-corrected chi connectivity index (χ2v) is 7.74. The predicted molar refractivity (Wildman–Crippen MR) is 96.3 cm³/mol. The maximum atomic E-state index is 4.83. The number of thiazole rings is 1. The van der Waals surface area contributed by atoms with Gasteiger partial charge in [-0.15, -0.1) is 11.3 Å². The van der Waals surface area contributed by atoms with Gasteiger partial charge >= 0.3 is 0 Å². The molecule has 1 atom stereocenters. The highest BCUT2D eigenvalue weighted by Crippen LogP contribution is 2.26. The molecular weight excluding hydrogens is 290 g/mol. The van der Waals surface area contributed by atoms with E-state index in [0.717, 1.165) is 37.4 Å². The summed E-state index contributed by atoms with van der Waals surface area (Å²) >= 11 is 1.84. The number of aliphatic imine (C=N–C) groups is 1. The van der Waals surface area contributed by atoms with E-state index in [2.05, 4.69) is 44.1 Å². The highest BCUT2D eigenvalue weighted by molar-refractivity contribution is 7.18. The number of aryl methyl sites for hydroxylation is 1. The first-order valence-corrected chi connectivity index (χ1v) is 9.01. The molecule has 1 aliphatic heterocycles. The second-order valence-electron chi connectivity index (χ2n) is 6.63. The first-order valence-electron chi connectivity index (χ1n) is 8.19. The van der Waals surface area contributed by atoms with Gasteiger partial charge in [-0.1, -0.05) is 13.0 Å². The van der Waals surface area contributed by atoms with E-state index in [0.29, 0.717) is 0 Å². The van der Waals surface area contributed by atoms with Gasteiger partial charge in [0.2, 0.25) is 0 Å². The third kappa shape index (κ3) is 3.73. The molecule has 22 heavy (non-hydrogen) atoms. The van der Waals surface area contributed by atoms with Crippen LogP contribution in [0.4, 0.5) is 0 Å². The summed E-state index contributed by atoms with van der Waals surface area (Å²) in [5.41, 5.74) is 3.68. The number of aromatic nitrogens is 1. The number of hydrogen-bond acceptors (Lipinski definition) is 4. The van der Waals surface area contributed by atoms with E-state index in [-0.39, 0.29) is 0 Å². The molecule has 2 aromatic rings. The topological polar surface area (TPSA) is 28.5 Å². The summed E-state index contributed by atoms with van der Waals surface area (Å²) in [6, 6.07) is 6.67. The monoisotopic (exact) mass is 315 g/mol. The van der Waals surface area contributed by atoms with Gasteiger partial charge in [0.15, 0.2) is 0 Å². The lowest BCUT2D eigenvalue weighted by atomic mass is 9.96. The van der Waals surface area contributed by atoms with Gasteiger partial charge in [0.25, 0.3) is 0 Å². The van der Waals surface area contributed by atoms with Crippen LogP contribution in [0.5, 0.6) is 0 Å². The zero-order chi connectivity index (χ0) is 15.5. The fourth-order valence-corrected chi connectivity index (χ4v) is 3.85. The van der Waals surface area contributed by atoms with Gasteiger partial charge in [-0.3, -0.25) is 4.99 Å². The Labute approximate surface area is 137 Å². The van der Waals surface area contributed by atoms with E-state index in [1.807, 2.05) is 11.3 Å². The normalized spacial score (nSPS) is 18.9. The van der Waals surface area contributed by atoms with Gasteiger partial charge in [0, 0.05) is 18.7 Å². The van der Waals surface area contributed by atoms with Crippen molar-refractivity contribution in [2.24, 2.45) is 10.9 Å². The van der Waals surface area contributed by atoms with Gasteiger partial charge in [-0.25, -0.2) is 4.98 Å². The van der Waals surface area contributed by atoms with Crippen LogP contribution in [0.15, 0.2) is 23.2 Å². The fraction of sp³-hybridized carbons (Fsp3) is 0.556.